The van der Waals surface area contributed by atoms with Crippen molar-refractivity contribution >= 4 is 26.6 Å². The average molecular weight is 468 g/mol. The quantitative estimate of drug-likeness (QED) is 0.451. The predicted octanol–water partition coefficient (Wildman–Crippen LogP) is 2.62. The van der Waals surface area contributed by atoms with E-state index in [1.807, 2.05) is 10.7 Å². The molecule has 0 unspecified atom stereocenters. The van der Waals surface area contributed by atoms with Gasteiger partial charge in [-0.2, -0.15) is 10.2 Å². The molecule has 4 aromatic rings. The molecule has 1 aromatic carbocycles. The molecule has 4 heterocycles. The zero-order valence-corrected chi connectivity index (χ0v) is 20.0. The van der Waals surface area contributed by atoms with E-state index in [4.69, 9.17) is 5.10 Å². The highest BCUT2D eigenvalue weighted by atomic mass is 32.2. The molecule has 174 valence electrons. The van der Waals surface area contributed by atoms with Gasteiger partial charge in [-0.3, -0.25) is 5.10 Å². The highest BCUT2D eigenvalue weighted by Gasteiger charge is 2.24. The summed E-state index contributed by atoms with van der Waals surface area (Å²) < 4.78 is 26.9. The molecule has 0 bridgehead atoms. The van der Waals surface area contributed by atoms with Gasteiger partial charge in [0.15, 0.2) is 5.65 Å². The van der Waals surface area contributed by atoms with E-state index in [0.29, 0.717) is 12.5 Å². The van der Waals surface area contributed by atoms with E-state index < -0.39 is 10.0 Å². The lowest BCUT2D eigenvalue weighted by molar-refractivity contribution is 0.215. The van der Waals surface area contributed by atoms with Crippen molar-refractivity contribution in [1.82, 2.24) is 34.4 Å². The van der Waals surface area contributed by atoms with Gasteiger partial charge >= 0.3 is 0 Å². The maximum absolute atomic E-state index is 11.3. The number of aromatic nitrogens is 5. The third-order valence-corrected chi connectivity index (χ3v) is 7.30. The Morgan fingerprint density at radius 3 is 2.70 bits per heavy atom. The second-order valence-corrected chi connectivity index (χ2v) is 10.9. The van der Waals surface area contributed by atoms with Gasteiger partial charge in [0.1, 0.15) is 6.33 Å². The van der Waals surface area contributed by atoms with Gasteiger partial charge in [0.2, 0.25) is 10.0 Å². The van der Waals surface area contributed by atoms with Crippen LogP contribution >= 0.6 is 0 Å². The Morgan fingerprint density at radius 1 is 1.15 bits per heavy atom. The standard InChI is InChI=1S/C23H29N7O2S/c1-15-11-20-21(12-19(15)18-10-16(2)23-24-14-25-30(23)13-18)27-28-22(20)17-4-7-29(8-5-17)9-6-26-33(3,31)32/h10-14,17,26H,4-9H2,1-3H3,(H,27,28). The number of benzene rings is 1. The maximum Gasteiger partial charge on any atom is 0.208 e. The van der Waals surface area contributed by atoms with Crippen LogP contribution in [0.2, 0.25) is 0 Å². The predicted molar refractivity (Wildman–Crippen MR) is 129 cm³/mol. The van der Waals surface area contributed by atoms with E-state index in [2.05, 4.69) is 56.8 Å². The van der Waals surface area contributed by atoms with Gasteiger partial charge in [-0.25, -0.2) is 22.6 Å². The summed E-state index contributed by atoms with van der Waals surface area (Å²) in [6, 6.07) is 6.58. The molecule has 0 saturated carbocycles. The molecular formula is C23H29N7O2S. The van der Waals surface area contributed by atoms with Gasteiger partial charge in [0.05, 0.1) is 17.5 Å². The summed E-state index contributed by atoms with van der Waals surface area (Å²) in [4.78, 5) is 6.63. The monoisotopic (exact) mass is 467 g/mol. The smallest absolute Gasteiger partial charge is 0.208 e. The van der Waals surface area contributed by atoms with Crippen molar-refractivity contribution in [2.24, 2.45) is 0 Å². The fraction of sp³-hybridized carbons (Fsp3) is 0.435. The third kappa shape index (κ3) is 4.50. The number of nitrogens with one attached hydrogen (secondary N) is 2. The van der Waals surface area contributed by atoms with E-state index in [0.717, 1.165) is 66.0 Å². The van der Waals surface area contributed by atoms with E-state index in [1.54, 1.807) is 6.33 Å². The molecule has 9 nitrogen and oxygen atoms in total. The minimum atomic E-state index is -3.13. The summed E-state index contributed by atoms with van der Waals surface area (Å²) in [5, 5.41) is 13.5. The van der Waals surface area contributed by atoms with Crippen LogP contribution in [0.3, 0.4) is 0 Å². The molecule has 1 saturated heterocycles. The Morgan fingerprint density at radius 2 is 1.94 bits per heavy atom. The first-order valence-electron chi connectivity index (χ1n) is 11.2. The number of rotatable bonds is 6. The number of aryl methyl sites for hydroxylation is 2. The molecule has 0 radical (unpaired) electrons. The lowest BCUT2D eigenvalue weighted by atomic mass is 9.90. The summed E-state index contributed by atoms with van der Waals surface area (Å²) >= 11 is 0. The minimum absolute atomic E-state index is 0.400. The van der Waals surface area contributed by atoms with Crippen molar-refractivity contribution in [3.8, 4) is 11.1 Å². The molecular weight excluding hydrogens is 438 g/mol. The van der Waals surface area contributed by atoms with Crippen LogP contribution in [0, 0.1) is 13.8 Å². The maximum atomic E-state index is 11.3. The fourth-order valence-electron chi connectivity index (χ4n) is 4.88. The largest absolute Gasteiger partial charge is 0.302 e. The molecule has 3 aromatic heterocycles. The highest BCUT2D eigenvalue weighted by molar-refractivity contribution is 7.88. The minimum Gasteiger partial charge on any atom is -0.302 e. The first-order chi connectivity index (χ1) is 15.8. The topological polar surface area (TPSA) is 108 Å². The molecule has 1 fully saturated rings. The molecule has 5 rings (SSSR count). The van der Waals surface area contributed by atoms with Crippen LogP contribution in [0.5, 0.6) is 0 Å². The van der Waals surface area contributed by atoms with Gasteiger partial charge < -0.3 is 4.90 Å². The zero-order chi connectivity index (χ0) is 23.2. The Bertz CT molecular complexity index is 1420. The number of sulfonamides is 1. The molecule has 1 aliphatic heterocycles. The van der Waals surface area contributed by atoms with Crippen molar-refractivity contribution in [2.75, 3.05) is 32.4 Å². The number of hydrogen-bond donors (Lipinski definition) is 2. The van der Waals surface area contributed by atoms with E-state index >= 15 is 0 Å². The number of pyridine rings is 1. The SMILES string of the molecule is Cc1cc2c(C3CCN(CCNS(C)(=O)=O)CC3)n[nH]c2cc1-c1cc(C)c2ncnn2c1. The molecule has 10 heteroatoms. The Hall–Kier alpha value is -2.82. The fourth-order valence-corrected chi connectivity index (χ4v) is 5.34. The zero-order valence-electron chi connectivity index (χ0n) is 19.2. The highest BCUT2D eigenvalue weighted by Crippen LogP contribution is 2.35. The Balaban J connectivity index is 1.34. The van der Waals surface area contributed by atoms with Crippen LogP contribution in [-0.4, -0.2) is 70.5 Å². The van der Waals surface area contributed by atoms with Crippen LogP contribution in [0.25, 0.3) is 27.7 Å². The summed E-state index contributed by atoms with van der Waals surface area (Å²) in [7, 11) is -3.13. The van der Waals surface area contributed by atoms with E-state index in [-0.39, 0.29) is 0 Å². The Labute approximate surface area is 193 Å². The van der Waals surface area contributed by atoms with E-state index in [1.165, 1.54) is 17.2 Å². The van der Waals surface area contributed by atoms with Gasteiger partial charge in [-0.1, -0.05) is 0 Å². The normalized spacial score (nSPS) is 16.2. The van der Waals surface area contributed by atoms with Crippen LogP contribution < -0.4 is 4.72 Å². The number of H-pyrrole nitrogens is 1. The summed E-state index contributed by atoms with van der Waals surface area (Å²) in [5.41, 5.74) is 7.61. The molecule has 0 amide bonds. The van der Waals surface area contributed by atoms with Crippen LogP contribution in [0.1, 0.15) is 35.6 Å². The second kappa shape index (κ2) is 8.51. The van der Waals surface area contributed by atoms with Gasteiger partial charge in [-0.15, -0.1) is 0 Å². The third-order valence-electron chi connectivity index (χ3n) is 6.57. The number of fused-ring (bicyclic) bond motifs is 2. The van der Waals surface area contributed by atoms with Gasteiger partial charge in [0, 0.05) is 36.2 Å². The molecule has 0 atom stereocenters. The molecule has 0 spiro atoms. The lowest BCUT2D eigenvalue weighted by Crippen LogP contribution is -2.39. The number of nitrogens with zero attached hydrogens (tertiary/aromatic N) is 5. The van der Waals surface area contributed by atoms with Crippen molar-refractivity contribution in [1.29, 1.82) is 0 Å². The van der Waals surface area contributed by atoms with Crippen molar-refractivity contribution < 1.29 is 8.42 Å². The number of piperidine rings is 1. The number of aromatic amines is 1. The lowest BCUT2D eigenvalue weighted by Gasteiger charge is -2.31. The van der Waals surface area contributed by atoms with Crippen molar-refractivity contribution in [3.05, 3.63) is 47.5 Å². The van der Waals surface area contributed by atoms with Crippen LogP contribution in [0.15, 0.2) is 30.7 Å². The molecule has 2 N–H and O–H groups in total. The first kappa shape index (κ1) is 22.0. The van der Waals surface area contributed by atoms with Crippen LogP contribution in [-0.2, 0) is 10.0 Å². The Kier molecular flexibility index (Phi) is 5.67. The molecule has 1 aliphatic rings. The van der Waals surface area contributed by atoms with E-state index in [9.17, 15) is 8.42 Å². The van der Waals surface area contributed by atoms with Crippen LogP contribution in [0.4, 0.5) is 0 Å². The molecule has 0 aliphatic carbocycles. The summed E-state index contributed by atoms with van der Waals surface area (Å²) in [5.74, 6) is 0.400. The van der Waals surface area contributed by atoms with Crippen molar-refractivity contribution in [3.63, 3.8) is 0 Å². The van der Waals surface area contributed by atoms with Crippen molar-refractivity contribution in [2.45, 2.75) is 32.6 Å². The molecule has 33 heavy (non-hydrogen) atoms. The summed E-state index contributed by atoms with van der Waals surface area (Å²) in [6.45, 7) is 7.27. The van der Waals surface area contributed by atoms with Gasteiger partial charge in [0.25, 0.3) is 0 Å². The first-order valence-corrected chi connectivity index (χ1v) is 13.1. The summed E-state index contributed by atoms with van der Waals surface area (Å²) in [6.07, 6.45) is 6.83. The van der Waals surface area contributed by atoms with Gasteiger partial charge in [-0.05, 0) is 74.7 Å². The average Bonchev–Trinajstić information content (AvgIpc) is 3.40. The number of likely N-dealkylation sites (tertiary alicyclic amines) is 1. The second-order valence-electron chi connectivity index (χ2n) is 9.04. The number of hydrogen-bond acceptors (Lipinski definition) is 6.